The molecule has 1 aromatic heterocycles. The Morgan fingerprint density at radius 1 is 1.12 bits per heavy atom. The highest BCUT2D eigenvalue weighted by Crippen LogP contribution is 2.17. The minimum Gasteiger partial charge on any atom is -0.417 e. The molecule has 1 aliphatic rings. The Morgan fingerprint density at radius 2 is 1.80 bits per heavy atom. The van der Waals surface area contributed by atoms with E-state index in [1.165, 1.54) is 9.21 Å². The largest absolute Gasteiger partial charge is 0.417 e. The molecule has 0 atom stereocenters. The van der Waals surface area contributed by atoms with Crippen LogP contribution >= 0.6 is 0 Å². The molecule has 0 radical (unpaired) electrons. The summed E-state index contributed by atoms with van der Waals surface area (Å²) in [6.07, 6.45) is 0. The SMILES string of the molecule is Cc1nnc(C(=O)N2CCN(S(=O)(=O)Cc3ccccc3C)CC2)o1. The van der Waals surface area contributed by atoms with E-state index in [9.17, 15) is 13.2 Å². The molecular formula is C16H20N4O4S. The van der Waals surface area contributed by atoms with E-state index in [4.69, 9.17) is 4.42 Å². The fourth-order valence-corrected chi connectivity index (χ4v) is 4.37. The van der Waals surface area contributed by atoms with Crippen LogP contribution < -0.4 is 0 Å². The quantitative estimate of drug-likeness (QED) is 0.802. The van der Waals surface area contributed by atoms with Crippen LogP contribution in [-0.4, -0.2) is 59.9 Å². The third-order valence-electron chi connectivity index (χ3n) is 4.23. The molecular weight excluding hydrogens is 344 g/mol. The monoisotopic (exact) mass is 364 g/mol. The summed E-state index contributed by atoms with van der Waals surface area (Å²) in [5, 5.41) is 7.36. The molecule has 9 heteroatoms. The minimum absolute atomic E-state index is 0.0313. The van der Waals surface area contributed by atoms with Crippen molar-refractivity contribution in [3.8, 4) is 0 Å². The number of benzene rings is 1. The first-order valence-electron chi connectivity index (χ1n) is 7.98. The number of amides is 1. The number of hydrogen-bond acceptors (Lipinski definition) is 6. The molecule has 134 valence electrons. The molecule has 8 nitrogen and oxygen atoms in total. The summed E-state index contributed by atoms with van der Waals surface area (Å²) in [5.41, 5.74) is 1.74. The molecule has 0 unspecified atom stereocenters. The normalized spacial score (nSPS) is 16.2. The zero-order valence-corrected chi connectivity index (χ0v) is 15.0. The number of carbonyl (C=O) groups is 1. The van der Waals surface area contributed by atoms with Crippen LogP contribution in [0.5, 0.6) is 0 Å². The van der Waals surface area contributed by atoms with E-state index >= 15 is 0 Å². The molecule has 2 aromatic rings. The third-order valence-corrected chi connectivity index (χ3v) is 6.06. The second-order valence-corrected chi connectivity index (χ2v) is 7.97. The zero-order valence-electron chi connectivity index (χ0n) is 14.2. The van der Waals surface area contributed by atoms with Crippen LogP contribution in [0.1, 0.15) is 27.7 Å². The Bertz CT molecular complexity index is 870. The van der Waals surface area contributed by atoms with E-state index in [2.05, 4.69) is 10.2 Å². The van der Waals surface area contributed by atoms with E-state index in [0.717, 1.165) is 11.1 Å². The Kier molecular flexibility index (Phi) is 4.87. The van der Waals surface area contributed by atoms with Gasteiger partial charge in [-0.1, -0.05) is 24.3 Å². The van der Waals surface area contributed by atoms with E-state index in [1.54, 1.807) is 6.92 Å². The lowest BCUT2D eigenvalue weighted by molar-refractivity contribution is 0.0656. The first kappa shape index (κ1) is 17.6. The Hall–Kier alpha value is -2.26. The van der Waals surface area contributed by atoms with E-state index in [1.807, 2.05) is 31.2 Å². The van der Waals surface area contributed by atoms with Crippen molar-refractivity contribution < 1.29 is 17.6 Å². The van der Waals surface area contributed by atoms with Gasteiger partial charge in [-0.3, -0.25) is 4.79 Å². The van der Waals surface area contributed by atoms with Crippen molar-refractivity contribution >= 4 is 15.9 Å². The van der Waals surface area contributed by atoms with Crippen molar-refractivity contribution in [1.29, 1.82) is 0 Å². The van der Waals surface area contributed by atoms with Crippen LogP contribution in [-0.2, 0) is 15.8 Å². The first-order valence-corrected chi connectivity index (χ1v) is 9.59. The highest BCUT2D eigenvalue weighted by molar-refractivity contribution is 7.88. The van der Waals surface area contributed by atoms with Crippen molar-refractivity contribution in [2.24, 2.45) is 0 Å². The molecule has 2 heterocycles. The molecule has 3 rings (SSSR count). The van der Waals surface area contributed by atoms with Crippen molar-refractivity contribution in [1.82, 2.24) is 19.4 Å². The van der Waals surface area contributed by atoms with E-state index in [0.29, 0.717) is 19.0 Å². The average molecular weight is 364 g/mol. The lowest BCUT2D eigenvalue weighted by Gasteiger charge is -2.33. The highest BCUT2D eigenvalue weighted by atomic mass is 32.2. The second kappa shape index (κ2) is 6.93. The van der Waals surface area contributed by atoms with Crippen LogP contribution in [0.15, 0.2) is 28.7 Å². The maximum Gasteiger partial charge on any atom is 0.311 e. The van der Waals surface area contributed by atoms with Crippen LogP contribution in [0.3, 0.4) is 0 Å². The number of hydrogen-bond donors (Lipinski definition) is 0. The maximum atomic E-state index is 12.6. The van der Waals surface area contributed by atoms with Gasteiger partial charge in [0.2, 0.25) is 15.9 Å². The molecule has 1 aliphatic heterocycles. The molecule has 1 aromatic carbocycles. The van der Waals surface area contributed by atoms with Crippen molar-refractivity contribution in [3.05, 3.63) is 47.2 Å². The predicted molar refractivity (Wildman–Crippen MR) is 90.3 cm³/mol. The molecule has 0 aliphatic carbocycles. The molecule has 0 saturated carbocycles. The molecule has 1 saturated heterocycles. The summed E-state index contributed by atoms with van der Waals surface area (Å²) in [7, 11) is -3.42. The Labute approximate surface area is 146 Å². The van der Waals surface area contributed by atoms with Gasteiger partial charge in [0.25, 0.3) is 0 Å². The van der Waals surface area contributed by atoms with E-state index in [-0.39, 0.29) is 30.6 Å². The molecule has 0 bridgehead atoms. The van der Waals surface area contributed by atoms with Gasteiger partial charge in [0, 0.05) is 33.1 Å². The number of sulfonamides is 1. The Morgan fingerprint density at radius 3 is 2.40 bits per heavy atom. The topological polar surface area (TPSA) is 96.6 Å². The van der Waals surface area contributed by atoms with Crippen LogP contribution in [0.2, 0.25) is 0 Å². The average Bonchev–Trinajstić information content (AvgIpc) is 3.03. The van der Waals surface area contributed by atoms with Gasteiger partial charge in [-0.2, -0.15) is 4.31 Å². The smallest absolute Gasteiger partial charge is 0.311 e. The number of rotatable bonds is 4. The number of carbonyl (C=O) groups excluding carboxylic acids is 1. The summed E-state index contributed by atoms with van der Waals surface area (Å²) in [4.78, 5) is 13.8. The van der Waals surface area contributed by atoms with Gasteiger partial charge in [0.1, 0.15) is 0 Å². The Balaban J connectivity index is 1.63. The maximum absolute atomic E-state index is 12.6. The molecule has 0 N–H and O–H groups in total. The van der Waals surface area contributed by atoms with Crippen LogP contribution in [0.25, 0.3) is 0 Å². The van der Waals surface area contributed by atoms with Crippen molar-refractivity contribution in [3.63, 3.8) is 0 Å². The first-order chi connectivity index (χ1) is 11.9. The van der Waals surface area contributed by atoms with Gasteiger partial charge in [-0.25, -0.2) is 8.42 Å². The highest BCUT2D eigenvalue weighted by Gasteiger charge is 2.31. The summed E-state index contributed by atoms with van der Waals surface area (Å²) < 4.78 is 31.8. The fourth-order valence-electron chi connectivity index (χ4n) is 2.75. The van der Waals surface area contributed by atoms with Gasteiger partial charge < -0.3 is 9.32 Å². The molecule has 0 spiro atoms. The van der Waals surface area contributed by atoms with Gasteiger partial charge in [0.15, 0.2) is 0 Å². The van der Waals surface area contributed by atoms with Gasteiger partial charge in [-0.15, -0.1) is 10.2 Å². The van der Waals surface area contributed by atoms with Crippen molar-refractivity contribution in [2.75, 3.05) is 26.2 Å². The molecule has 1 amide bonds. The predicted octanol–water partition coefficient (Wildman–Crippen LogP) is 0.974. The van der Waals surface area contributed by atoms with Gasteiger partial charge in [-0.05, 0) is 18.1 Å². The molecule has 25 heavy (non-hydrogen) atoms. The number of piperazine rings is 1. The van der Waals surface area contributed by atoms with Crippen molar-refractivity contribution in [2.45, 2.75) is 19.6 Å². The molecule has 1 fully saturated rings. The minimum atomic E-state index is -3.42. The van der Waals surface area contributed by atoms with Crippen LogP contribution in [0, 0.1) is 13.8 Å². The summed E-state index contributed by atoms with van der Waals surface area (Å²) in [6, 6.07) is 7.44. The lowest BCUT2D eigenvalue weighted by atomic mass is 10.1. The summed E-state index contributed by atoms with van der Waals surface area (Å²) in [5.74, 6) is -0.135. The zero-order chi connectivity index (χ0) is 18.0. The second-order valence-electron chi connectivity index (χ2n) is 6.00. The summed E-state index contributed by atoms with van der Waals surface area (Å²) in [6.45, 7) is 4.62. The van der Waals surface area contributed by atoms with Gasteiger partial charge >= 0.3 is 11.8 Å². The lowest BCUT2D eigenvalue weighted by Crippen LogP contribution is -2.50. The fraction of sp³-hybridized carbons (Fsp3) is 0.438. The number of nitrogens with zero attached hydrogens (tertiary/aromatic N) is 4. The third kappa shape index (κ3) is 3.88. The van der Waals surface area contributed by atoms with Crippen LogP contribution in [0.4, 0.5) is 0 Å². The number of aromatic nitrogens is 2. The number of aryl methyl sites for hydroxylation is 2. The van der Waals surface area contributed by atoms with E-state index < -0.39 is 10.0 Å². The standard InChI is InChI=1S/C16H20N4O4S/c1-12-5-3-4-6-14(12)11-25(22,23)20-9-7-19(8-10-20)16(21)15-18-17-13(2)24-15/h3-6H,7-11H2,1-2H3. The van der Waals surface area contributed by atoms with Gasteiger partial charge in [0.05, 0.1) is 5.75 Å². The summed E-state index contributed by atoms with van der Waals surface area (Å²) >= 11 is 0.